The highest BCUT2D eigenvalue weighted by Crippen LogP contribution is 2.23. The normalized spacial score (nSPS) is 10.7. The van der Waals surface area contributed by atoms with Gasteiger partial charge in [0.15, 0.2) is 5.82 Å². The standard InChI is InChI=1S/C14H13BrN6O/c1-9-12(13(19-20(9)2)21-7-16-17-8-21)18-14(22)10-3-5-11(15)6-4-10/h3-8H,1-2H3,(H,18,22). The molecule has 8 heteroatoms. The summed E-state index contributed by atoms with van der Waals surface area (Å²) in [7, 11) is 1.82. The van der Waals surface area contributed by atoms with E-state index in [-0.39, 0.29) is 5.91 Å². The lowest BCUT2D eigenvalue weighted by atomic mass is 10.2. The van der Waals surface area contributed by atoms with Crippen molar-refractivity contribution in [2.75, 3.05) is 5.32 Å². The summed E-state index contributed by atoms with van der Waals surface area (Å²) in [5.41, 5.74) is 2.05. The Kier molecular flexibility index (Phi) is 3.76. The summed E-state index contributed by atoms with van der Waals surface area (Å²) >= 11 is 3.35. The predicted molar refractivity (Wildman–Crippen MR) is 85.0 cm³/mol. The molecule has 3 rings (SSSR count). The third-order valence-corrected chi connectivity index (χ3v) is 3.85. The molecule has 112 valence electrons. The topological polar surface area (TPSA) is 77.6 Å². The van der Waals surface area contributed by atoms with Gasteiger partial charge in [-0.15, -0.1) is 10.2 Å². The van der Waals surface area contributed by atoms with E-state index in [1.165, 1.54) is 12.7 Å². The number of aromatic nitrogens is 5. The summed E-state index contributed by atoms with van der Waals surface area (Å²) < 4.78 is 4.28. The first kappa shape index (κ1) is 14.5. The van der Waals surface area contributed by atoms with Crippen LogP contribution in [0.3, 0.4) is 0 Å². The van der Waals surface area contributed by atoms with E-state index < -0.39 is 0 Å². The Balaban J connectivity index is 1.95. The fourth-order valence-electron chi connectivity index (χ4n) is 2.01. The zero-order valence-corrected chi connectivity index (χ0v) is 13.6. The molecule has 0 saturated heterocycles. The number of anilines is 1. The van der Waals surface area contributed by atoms with Crippen molar-refractivity contribution in [1.29, 1.82) is 0 Å². The van der Waals surface area contributed by atoms with E-state index in [0.29, 0.717) is 17.1 Å². The summed E-state index contributed by atoms with van der Waals surface area (Å²) in [6, 6.07) is 7.16. The maximum absolute atomic E-state index is 12.4. The molecule has 1 N–H and O–H groups in total. The summed E-state index contributed by atoms with van der Waals surface area (Å²) in [4.78, 5) is 12.4. The van der Waals surface area contributed by atoms with E-state index in [1.807, 2.05) is 26.1 Å². The molecule has 0 spiro atoms. The molecule has 0 saturated carbocycles. The molecule has 1 aromatic carbocycles. The van der Waals surface area contributed by atoms with Gasteiger partial charge in [-0.2, -0.15) is 5.10 Å². The molecule has 2 heterocycles. The number of halogens is 1. The highest BCUT2D eigenvalue weighted by molar-refractivity contribution is 9.10. The van der Waals surface area contributed by atoms with Gasteiger partial charge in [0.2, 0.25) is 0 Å². The van der Waals surface area contributed by atoms with Crippen LogP contribution in [0.4, 0.5) is 5.69 Å². The van der Waals surface area contributed by atoms with Gasteiger partial charge in [0.1, 0.15) is 18.3 Å². The number of carbonyl (C=O) groups excluding carboxylic acids is 1. The number of benzene rings is 1. The molecule has 0 bridgehead atoms. The second-order valence-electron chi connectivity index (χ2n) is 4.74. The van der Waals surface area contributed by atoms with Gasteiger partial charge < -0.3 is 5.32 Å². The number of amides is 1. The Hall–Kier alpha value is -2.48. The van der Waals surface area contributed by atoms with Crippen LogP contribution in [0.1, 0.15) is 16.1 Å². The summed E-state index contributed by atoms with van der Waals surface area (Å²) in [5, 5.41) is 14.8. The molecule has 0 atom stereocenters. The Morgan fingerprint density at radius 3 is 2.45 bits per heavy atom. The van der Waals surface area contributed by atoms with Gasteiger partial charge in [-0.3, -0.25) is 14.0 Å². The second-order valence-corrected chi connectivity index (χ2v) is 5.65. The molecule has 0 radical (unpaired) electrons. The average molecular weight is 361 g/mol. The summed E-state index contributed by atoms with van der Waals surface area (Å²) in [6.45, 7) is 1.89. The fourth-order valence-corrected chi connectivity index (χ4v) is 2.28. The lowest BCUT2D eigenvalue weighted by molar-refractivity contribution is 0.102. The average Bonchev–Trinajstić information content (AvgIpc) is 3.12. The Morgan fingerprint density at radius 1 is 1.18 bits per heavy atom. The van der Waals surface area contributed by atoms with Gasteiger partial charge in [0.05, 0.1) is 5.69 Å². The SMILES string of the molecule is Cc1c(NC(=O)c2ccc(Br)cc2)c(-n2cnnc2)nn1C. The van der Waals surface area contributed by atoms with Crippen LogP contribution in [0.25, 0.3) is 5.82 Å². The van der Waals surface area contributed by atoms with Crippen molar-refractivity contribution in [3.63, 3.8) is 0 Å². The predicted octanol–water partition coefficient (Wildman–Crippen LogP) is 2.32. The van der Waals surface area contributed by atoms with Crippen LogP contribution in [0.2, 0.25) is 0 Å². The summed E-state index contributed by atoms with van der Waals surface area (Å²) in [5.74, 6) is 0.383. The van der Waals surface area contributed by atoms with Crippen molar-refractivity contribution in [2.45, 2.75) is 6.92 Å². The molecule has 0 aliphatic heterocycles. The highest BCUT2D eigenvalue weighted by atomic mass is 79.9. The summed E-state index contributed by atoms with van der Waals surface area (Å²) in [6.07, 6.45) is 3.08. The lowest BCUT2D eigenvalue weighted by Crippen LogP contribution is -2.13. The van der Waals surface area contributed by atoms with E-state index in [0.717, 1.165) is 10.2 Å². The number of aryl methyl sites for hydroxylation is 1. The zero-order valence-electron chi connectivity index (χ0n) is 12.0. The first-order valence-electron chi connectivity index (χ1n) is 6.52. The van der Waals surface area contributed by atoms with E-state index in [1.54, 1.807) is 21.4 Å². The molecule has 0 aliphatic carbocycles. The fraction of sp³-hybridized carbons (Fsp3) is 0.143. The Labute approximate surface area is 135 Å². The Morgan fingerprint density at radius 2 is 1.82 bits per heavy atom. The third-order valence-electron chi connectivity index (χ3n) is 3.32. The minimum absolute atomic E-state index is 0.196. The van der Waals surface area contributed by atoms with Gasteiger partial charge in [-0.05, 0) is 31.2 Å². The van der Waals surface area contributed by atoms with Crippen molar-refractivity contribution < 1.29 is 4.79 Å². The largest absolute Gasteiger partial charge is 0.317 e. The highest BCUT2D eigenvalue weighted by Gasteiger charge is 2.18. The van der Waals surface area contributed by atoms with E-state index in [2.05, 4.69) is 36.5 Å². The van der Waals surface area contributed by atoms with Crippen molar-refractivity contribution >= 4 is 27.5 Å². The minimum atomic E-state index is -0.196. The number of hydrogen-bond donors (Lipinski definition) is 1. The van der Waals surface area contributed by atoms with Gasteiger partial charge in [-0.1, -0.05) is 15.9 Å². The van der Waals surface area contributed by atoms with Crippen LogP contribution in [0.5, 0.6) is 0 Å². The smallest absolute Gasteiger partial charge is 0.255 e. The molecular formula is C14H13BrN6O. The van der Waals surface area contributed by atoms with Crippen LogP contribution in [-0.4, -0.2) is 30.5 Å². The van der Waals surface area contributed by atoms with Crippen LogP contribution in [0, 0.1) is 6.92 Å². The Bertz CT molecular complexity index is 807. The van der Waals surface area contributed by atoms with Crippen LogP contribution >= 0.6 is 15.9 Å². The minimum Gasteiger partial charge on any atom is -0.317 e. The molecule has 2 aromatic heterocycles. The second kappa shape index (κ2) is 5.72. The van der Waals surface area contributed by atoms with Crippen molar-refractivity contribution in [3.05, 3.63) is 52.7 Å². The molecule has 0 fully saturated rings. The quantitative estimate of drug-likeness (QED) is 0.777. The maximum atomic E-state index is 12.4. The van der Waals surface area contributed by atoms with E-state index in [4.69, 9.17) is 0 Å². The van der Waals surface area contributed by atoms with Gasteiger partial charge in [0, 0.05) is 17.1 Å². The molecule has 0 unspecified atom stereocenters. The number of hydrogen-bond acceptors (Lipinski definition) is 4. The number of rotatable bonds is 3. The molecule has 7 nitrogen and oxygen atoms in total. The van der Waals surface area contributed by atoms with Crippen LogP contribution in [0.15, 0.2) is 41.4 Å². The van der Waals surface area contributed by atoms with Crippen molar-refractivity contribution in [2.24, 2.45) is 7.05 Å². The molecular weight excluding hydrogens is 348 g/mol. The zero-order chi connectivity index (χ0) is 15.7. The molecule has 1 amide bonds. The first-order valence-corrected chi connectivity index (χ1v) is 7.31. The third kappa shape index (κ3) is 2.64. The van der Waals surface area contributed by atoms with Gasteiger partial charge in [0.25, 0.3) is 5.91 Å². The molecule has 22 heavy (non-hydrogen) atoms. The van der Waals surface area contributed by atoms with Gasteiger partial charge >= 0.3 is 0 Å². The van der Waals surface area contributed by atoms with Crippen molar-refractivity contribution in [3.8, 4) is 5.82 Å². The number of nitrogens with zero attached hydrogens (tertiary/aromatic N) is 5. The molecule has 0 aliphatic rings. The lowest BCUT2D eigenvalue weighted by Gasteiger charge is -2.07. The number of nitrogens with one attached hydrogen (secondary N) is 1. The maximum Gasteiger partial charge on any atom is 0.255 e. The van der Waals surface area contributed by atoms with Crippen LogP contribution in [-0.2, 0) is 7.05 Å². The number of carbonyl (C=O) groups is 1. The van der Waals surface area contributed by atoms with E-state index >= 15 is 0 Å². The monoisotopic (exact) mass is 360 g/mol. The van der Waals surface area contributed by atoms with Crippen molar-refractivity contribution in [1.82, 2.24) is 24.5 Å². The first-order chi connectivity index (χ1) is 10.6. The van der Waals surface area contributed by atoms with Gasteiger partial charge in [-0.25, -0.2) is 0 Å². The van der Waals surface area contributed by atoms with E-state index in [9.17, 15) is 4.79 Å². The van der Waals surface area contributed by atoms with Crippen LogP contribution < -0.4 is 5.32 Å². The molecule has 3 aromatic rings.